The van der Waals surface area contributed by atoms with Crippen molar-refractivity contribution in [2.75, 3.05) is 6.54 Å². The number of aromatic nitrogens is 2. The van der Waals surface area contributed by atoms with E-state index in [1.807, 2.05) is 0 Å². The maximum Gasteiger partial charge on any atom is 0.111 e. The second-order valence-electron chi connectivity index (χ2n) is 6.19. The summed E-state index contributed by atoms with van der Waals surface area (Å²) in [6.45, 7) is 12.1. The number of para-hydroxylation sites is 2. The number of hydrogen-bond donors (Lipinski definition) is 1. The molecule has 0 fully saturated rings. The highest BCUT2D eigenvalue weighted by Gasteiger charge is 2.21. The van der Waals surface area contributed by atoms with E-state index in [-0.39, 0.29) is 5.54 Å². The summed E-state index contributed by atoms with van der Waals surface area (Å²) in [5.41, 5.74) is 2.38. The van der Waals surface area contributed by atoms with Gasteiger partial charge in [0.1, 0.15) is 5.82 Å². The molecule has 0 spiro atoms. The molecule has 2 aromatic rings. The van der Waals surface area contributed by atoms with Crippen LogP contribution in [0.4, 0.5) is 0 Å². The molecule has 19 heavy (non-hydrogen) atoms. The van der Waals surface area contributed by atoms with Crippen LogP contribution in [0.1, 0.15) is 40.4 Å². The van der Waals surface area contributed by atoms with E-state index in [0.29, 0.717) is 6.04 Å². The van der Waals surface area contributed by atoms with Gasteiger partial charge in [-0.15, -0.1) is 0 Å². The van der Waals surface area contributed by atoms with E-state index in [4.69, 9.17) is 4.98 Å². The highest BCUT2D eigenvalue weighted by atomic mass is 15.1. The SMILES string of the molecule is CCNC(C)Cc1nc2ccccc2n1C(C)(C)C. The third kappa shape index (κ3) is 2.98. The molecule has 1 atom stereocenters. The van der Waals surface area contributed by atoms with Gasteiger partial charge in [-0.05, 0) is 46.4 Å². The number of imidazole rings is 1. The molecule has 0 aliphatic carbocycles. The Kier molecular flexibility index (Phi) is 3.95. The molecule has 0 radical (unpaired) electrons. The molecule has 104 valence electrons. The lowest BCUT2D eigenvalue weighted by atomic mass is 10.1. The van der Waals surface area contributed by atoms with Crippen molar-refractivity contribution < 1.29 is 0 Å². The predicted molar refractivity (Wildman–Crippen MR) is 81.6 cm³/mol. The molecule has 0 saturated heterocycles. The Balaban J connectivity index is 2.47. The van der Waals surface area contributed by atoms with Crippen molar-refractivity contribution in [2.24, 2.45) is 0 Å². The smallest absolute Gasteiger partial charge is 0.111 e. The van der Waals surface area contributed by atoms with Crippen LogP contribution in [-0.2, 0) is 12.0 Å². The van der Waals surface area contributed by atoms with E-state index in [1.165, 1.54) is 11.3 Å². The molecule has 0 aliphatic heterocycles. The zero-order valence-electron chi connectivity index (χ0n) is 12.7. The van der Waals surface area contributed by atoms with Crippen LogP contribution in [0.15, 0.2) is 24.3 Å². The number of nitrogens with one attached hydrogen (secondary N) is 1. The van der Waals surface area contributed by atoms with Gasteiger partial charge >= 0.3 is 0 Å². The first-order valence-corrected chi connectivity index (χ1v) is 7.13. The Bertz CT molecular complexity index is 549. The maximum atomic E-state index is 4.82. The molecule has 1 unspecified atom stereocenters. The number of nitrogens with zero attached hydrogens (tertiary/aromatic N) is 2. The zero-order valence-corrected chi connectivity index (χ0v) is 12.7. The van der Waals surface area contributed by atoms with E-state index in [0.717, 1.165) is 18.5 Å². The van der Waals surface area contributed by atoms with Crippen LogP contribution in [0, 0.1) is 0 Å². The van der Waals surface area contributed by atoms with Crippen molar-refractivity contribution in [2.45, 2.75) is 52.6 Å². The molecule has 2 rings (SSSR count). The first-order valence-electron chi connectivity index (χ1n) is 7.13. The van der Waals surface area contributed by atoms with Crippen LogP contribution >= 0.6 is 0 Å². The predicted octanol–water partition coefficient (Wildman–Crippen LogP) is 3.33. The molecule has 0 amide bonds. The van der Waals surface area contributed by atoms with Gasteiger partial charge in [0.2, 0.25) is 0 Å². The second-order valence-corrected chi connectivity index (χ2v) is 6.19. The number of rotatable bonds is 4. The molecule has 1 aromatic carbocycles. The quantitative estimate of drug-likeness (QED) is 0.912. The molecule has 3 nitrogen and oxygen atoms in total. The van der Waals surface area contributed by atoms with Crippen LogP contribution in [0.3, 0.4) is 0 Å². The van der Waals surface area contributed by atoms with Gasteiger partial charge in [-0.1, -0.05) is 19.1 Å². The summed E-state index contributed by atoms with van der Waals surface area (Å²) in [5.74, 6) is 1.17. The molecule has 1 aromatic heterocycles. The van der Waals surface area contributed by atoms with Crippen molar-refractivity contribution in [3.63, 3.8) is 0 Å². The van der Waals surface area contributed by atoms with Crippen molar-refractivity contribution in [3.8, 4) is 0 Å². The van der Waals surface area contributed by atoms with Gasteiger partial charge in [0, 0.05) is 18.0 Å². The Morgan fingerprint density at radius 3 is 2.58 bits per heavy atom. The monoisotopic (exact) mass is 259 g/mol. The molecule has 1 heterocycles. The normalized spacial score (nSPS) is 13.9. The minimum Gasteiger partial charge on any atom is -0.323 e. The van der Waals surface area contributed by atoms with Gasteiger partial charge in [0.25, 0.3) is 0 Å². The van der Waals surface area contributed by atoms with Gasteiger partial charge < -0.3 is 9.88 Å². The molecule has 0 aliphatic rings. The summed E-state index contributed by atoms with van der Waals surface area (Å²) in [6.07, 6.45) is 0.958. The summed E-state index contributed by atoms with van der Waals surface area (Å²) in [7, 11) is 0. The van der Waals surface area contributed by atoms with Crippen molar-refractivity contribution >= 4 is 11.0 Å². The lowest BCUT2D eigenvalue weighted by Gasteiger charge is -2.25. The summed E-state index contributed by atoms with van der Waals surface area (Å²) in [5, 5.41) is 3.46. The third-order valence-electron chi connectivity index (χ3n) is 3.34. The van der Waals surface area contributed by atoms with Crippen LogP contribution < -0.4 is 5.32 Å². The van der Waals surface area contributed by atoms with Gasteiger partial charge in [-0.3, -0.25) is 0 Å². The molecular weight excluding hydrogens is 234 g/mol. The first kappa shape index (κ1) is 14.1. The first-order chi connectivity index (χ1) is 8.93. The van der Waals surface area contributed by atoms with Gasteiger partial charge in [0.15, 0.2) is 0 Å². The fraction of sp³-hybridized carbons (Fsp3) is 0.562. The molecule has 0 bridgehead atoms. The Labute approximate surface area is 116 Å². The minimum atomic E-state index is 0.0529. The van der Waals surface area contributed by atoms with Gasteiger partial charge in [-0.25, -0.2) is 4.98 Å². The average molecular weight is 259 g/mol. The minimum absolute atomic E-state index is 0.0529. The van der Waals surface area contributed by atoms with Crippen LogP contribution in [0.5, 0.6) is 0 Å². The second kappa shape index (κ2) is 5.33. The highest BCUT2D eigenvalue weighted by Crippen LogP contribution is 2.25. The van der Waals surface area contributed by atoms with Crippen molar-refractivity contribution in [3.05, 3.63) is 30.1 Å². The number of hydrogen-bond acceptors (Lipinski definition) is 2. The van der Waals surface area contributed by atoms with E-state index < -0.39 is 0 Å². The molecule has 1 N–H and O–H groups in total. The Morgan fingerprint density at radius 2 is 1.95 bits per heavy atom. The van der Waals surface area contributed by atoms with Crippen molar-refractivity contribution in [1.82, 2.24) is 14.9 Å². The topological polar surface area (TPSA) is 29.9 Å². The van der Waals surface area contributed by atoms with Crippen molar-refractivity contribution in [1.29, 1.82) is 0 Å². The summed E-state index contributed by atoms with van der Waals surface area (Å²) in [6, 6.07) is 8.85. The Morgan fingerprint density at radius 1 is 1.26 bits per heavy atom. The highest BCUT2D eigenvalue weighted by molar-refractivity contribution is 5.76. The Hall–Kier alpha value is -1.35. The third-order valence-corrected chi connectivity index (χ3v) is 3.34. The number of likely N-dealkylation sites (N-methyl/N-ethyl adjacent to an activating group) is 1. The van der Waals surface area contributed by atoms with E-state index in [9.17, 15) is 0 Å². The summed E-state index contributed by atoms with van der Waals surface area (Å²) >= 11 is 0. The molecule has 0 saturated carbocycles. The van der Waals surface area contributed by atoms with Crippen LogP contribution in [-0.4, -0.2) is 22.1 Å². The molecule has 3 heteroatoms. The maximum absolute atomic E-state index is 4.82. The van der Waals surface area contributed by atoms with Gasteiger partial charge in [0.05, 0.1) is 11.0 Å². The van der Waals surface area contributed by atoms with E-state index in [2.05, 4.69) is 68.8 Å². The average Bonchev–Trinajstić information content (AvgIpc) is 2.66. The van der Waals surface area contributed by atoms with E-state index >= 15 is 0 Å². The molecular formula is C16H25N3. The number of benzene rings is 1. The summed E-state index contributed by atoms with van der Waals surface area (Å²) < 4.78 is 2.37. The fourth-order valence-electron chi connectivity index (χ4n) is 2.66. The fourth-order valence-corrected chi connectivity index (χ4v) is 2.66. The zero-order chi connectivity index (χ0) is 14.0. The largest absolute Gasteiger partial charge is 0.323 e. The van der Waals surface area contributed by atoms with Crippen LogP contribution in [0.25, 0.3) is 11.0 Å². The standard InChI is InChI=1S/C16H25N3/c1-6-17-12(2)11-15-18-13-9-7-8-10-14(13)19(15)16(3,4)5/h7-10,12,17H,6,11H2,1-5H3. The summed E-state index contributed by atoms with van der Waals surface area (Å²) in [4.78, 5) is 4.82. The van der Waals surface area contributed by atoms with Gasteiger partial charge in [-0.2, -0.15) is 0 Å². The van der Waals surface area contributed by atoms with Crippen LogP contribution in [0.2, 0.25) is 0 Å². The lowest BCUT2D eigenvalue weighted by molar-refractivity contribution is 0.386. The number of fused-ring (bicyclic) bond motifs is 1. The van der Waals surface area contributed by atoms with E-state index in [1.54, 1.807) is 0 Å². The lowest BCUT2D eigenvalue weighted by Crippen LogP contribution is -2.31.